The molecule has 0 N–H and O–H groups in total. The minimum absolute atomic E-state index is 0.877. The van der Waals surface area contributed by atoms with Crippen LogP contribution in [0.4, 0.5) is 0 Å². The third-order valence-electron chi connectivity index (χ3n) is 3.25. The molecule has 1 heteroatoms. The molecule has 0 unspecified atom stereocenters. The molecule has 2 aromatic rings. The van der Waals surface area contributed by atoms with E-state index < -0.39 is 0 Å². The second-order valence-corrected chi connectivity index (χ2v) is 5.32. The van der Waals surface area contributed by atoms with Crippen molar-refractivity contribution < 1.29 is 0 Å². The van der Waals surface area contributed by atoms with E-state index in [0.717, 1.165) is 17.3 Å². The van der Waals surface area contributed by atoms with Gasteiger partial charge in [0.2, 0.25) is 0 Å². The Bertz CT molecular complexity index is 608. The van der Waals surface area contributed by atoms with Crippen molar-refractivity contribution in [2.45, 2.75) is 19.8 Å². The Morgan fingerprint density at radius 3 is 2.67 bits per heavy atom. The zero-order valence-electron chi connectivity index (χ0n) is 10.7. The maximum atomic E-state index is 4.17. The van der Waals surface area contributed by atoms with Gasteiger partial charge in [0, 0.05) is 4.47 Å². The van der Waals surface area contributed by atoms with Gasteiger partial charge in [0.1, 0.15) is 0 Å². The average Bonchev–Trinajstić information content (AvgIpc) is 2.38. The third-order valence-corrected chi connectivity index (χ3v) is 3.74. The van der Waals surface area contributed by atoms with Crippen LogP contribution in [0, 0.1) is 0 Å². The van der Waals surface area contributed by atoms with E-state index in [0.29, 0.717) is 0 Å². The quantitative estimate of drug-likeness (QED) is 0.630. The molecule has 0 saturated carbocycles. The standard InChI is InChI=1S/C17H17Br/c1-4-6-16-15(12(3)5-2)10-8-13-7-9-14(18)11-17(13)16/h4,7-11H,1,3,5-6H2,2H3. The van der Waals surface area contributed by atoms with Crippen LogP contribution in [0.1, 0.15) is 24.5 Å². The van der Waals surface area contributed by atoms with Crippen LogP contribution in [0.15, 0.2) is 54.0 Å². The van der Waals surface area contributed by atoms with Crippen molar-refractivity contribution in [2.24, 2.45) is 0 Å². The Morgan fingerprint density at radius 2 is 2.00 bits per heavy atom. The van der Waals surface area contributed by atoms with Crippen LogP contribution >= 0.6 is 15.9 Å². The number of allylic oxidation sites excluding steroid dienone is 2. The van der Waals surface area contributed by atoms with Crippen LogP contribution in [0.3, 0.4) is 0 Å². The smallest absolute Gasteiger partial charge is 0.0181 e. The number of benzene rings is 2. The van der Waals surface area contributed by atoms with Crippen LogP contribution in [0.2, 0.25) is 0 Å². The Labute approximate surface area is 117 Å². The zero-order valence-corrected chi connectivity index (χ0v) is 12.3. The molecule has 0 bridgehead atoms. The van der Waals surface area contributed by atoms with E-state index in [1.807, 2.05) is 6.08 Å². The Hall–Kier alpha value is -1.34. The molecule has 0 aliphatic heterocycles. The third kappa shape index (κ3) is 2.41. The van der Waals surface area contributed by atoms with E-state index in [9.17, 15) is 0 Å². The van der Waals surface area contributed by atoms with Gasteiger partial charge in [0.15, 0.2) is 0 Å². The molecule has 0 aliphatic carbocycles. The van der Waals surface area contributed by atoms with Gasteiger partial charge in [-0.15, -0.1) is 6.58 Å². The fraction of sp³-hybridized carbons (Fsp3) is 0.176. The van der Waals surface area contributed by atoms with Crippen molar-refractivity contribution in [3.05, 3.63) is 65.2 Å². The van der Waals surface area contributed by atoms with Crippen molar-refractivity contribution in [1.29, 1.82) is 0 Å². The maximum absolute atomic E-state index is 4.17. The van der Waals surface area contributed by atoms with Crippen LogP contribution in [-0.2, 0) is 6.42 Å². The molecule has 0 fully saturated rings. The van der Waals surface area contributed by atoms with Crippen molar-refractivity contribution in [1.82, 2.24) is 0 Å². The molecule has 2 rings (SSSR count). The maximum Gasteiger partial charge on any atom is 0.0181 e. The summed E-state index contributed by atoms with van der Waals surface area (Å²) in [5, 5.41) is 2.55. The second kappa shape index (κ2) is 5.53. The average molecular weight is 301 g/mol. The first kappa shape index (κ1) is 13.1. The van der Waals surface area contributed by atoms with E-state index in [2.05, 4.69) is 66.3 Å². The summed E-state index contributed by atoms with van der Waals surface area (Å²) in [4.78, 5) is 0. The largest absolute Gasteiger partial charge is 0.103 e. The molecule has 0 aliphatic rings. The van der Waals surface area contributed by atoms with Crippen molar-refractivity contribution in [3.8, 4) is 0 Å². The zero-order chi connectivity index (χ0) is 13.1. The molecule has 0 radical (unpaired) electrons. The summed E-state index contributed by atoms with van der Waals surface area (Å²) in [5.74, 6) is 0. The first-order valence-electron chi connectivity index (χ1n) is 6.17. The van der Waals surface area contributed by atoms with Crippen molar-refractivity contribution >= 4 is 32.3 Å². The lowest BCUT2D eigenvalue weighted by Crippen LogP contribution is -1.93. The molecule has 0 amide bonds. The molecular formula is C17H17Br. The number of hydrogen-bond donors (Lipinski definition) is 0. The monoisotopic (exact) mass is 300 g/mol. The highest BCUT2D eigenvalue weighted by Gasteiger charge is 2.08. The van der Waals surface area contributed by atoms with Crippen molar-refractivity contribution in [3.63, 3.8) is 0 Å². The van der Waals surface area contributed by atoms with E-state index in [-0.39, 0.29) is 0 Å². The highest BCUT2D eigenvalue weighted by molar-refractivity contribution is 9.10. The van der Waals surface area contributed by atoms with E-state index in [1.54, 1.807) is 0 Å². The molecule has 0 nitrogen and oxygen atoms in total. The lowest BCUT2D eigenvalue weighted by molar-refractivity contribution is 1.21. The van der Waals surface area contributed by atoms with Gasteiger partial charge in [-0.05, 0) is 52.4 Å². The molecule has 0 saturated heterocycles. The fourth-order valence-corrected chi connectivity index (χ4v) is 2.60. The van der Waals surface area contributed by atoms with E-state index in [1.165, 1.54) is 27.5 Å². The number of hydrogen-bond acceptors (Lipinski definition) is 0. The SMILES string of the molecule is C=CCc1c(C(=C)CC)ccc2ccc(Br)cc12. The Morgan fingerprint density at radius 1 is 1.28 bits per heavy atom. The first-order chi connectivity index (χ1) is 8.67. The predicted octanol–water partition coefficient (Wildman–Crippen LogP) is 5.75. The van der Waals surface area contributed by atoms with Gasteiger partial charge < -0.3 is 0 Å². The summed E-state index contributed by atoms with van der Waals surface area (Å²) in [6, 6.07) is 10.8. The molecule has 18 heavy (non-hydrogen) atoms. The Kier molecular flexibility index (Phi) is 4.03. The molecule has 0 aromatic heterocycles. The van der Waals surface area contributed by atoms with Crippen LogP contribution < -0.4 is 0 Å². The molecular weight excluding hydrogens is 284 g/mol. The summed E-state index contributed by atoms with van der Waals surface area (Å²) in [7, 11) is 0. The van der Waals surface area contributed by atoms with Crippen molar-refractivity contribution in [2.75, 3.05) is 0 Å². The second-order valence-electron chi connectivity index (χ2n) is 4.41. The summed E-state index contributed by atoms with van der Waals surface area (Å²) in [6.45, 7) is 10.2. The predicted molar refractivity (Wildman–Crippen MR) is 84.9 cm³/mol. The van der Waals surface area contributed by atoms with Gasteiger partial charge in [0.05, 0.1) is 0 Å². The van der Waals surface area contributed by atoms with Crippen LogP contribution in [0.25, 0.3) is 16.3 Å². The van der Waals surface area contributed by atoms with Gasteiger partial charge in [-0.3, -0.25) is 0 Å². The van der Waals surface area contributed by atoms with E-state index >= 15 is 0 Å². The first-order valence-corrected chi connectivity index (χ1v) is 6.96. The van der Waals surface area contributed by atoms with Gasteiger partial charge in [-0.25, -0.2) is 0 Å². The number of rotatable bonds is 4. The number of fused-ring (bicyclic) bond motifs is 1. The molecule has 0 spiro atoms. The van der Waals surface area contributed by atoms with Gasteiger partial charge in [-0.1, -0.05) is 53.7 Å². The number of halogens is 1. The lowest BCUT2D eigenvalue weighted by atomic mass is 9.92. The topological polar surface area (TPSA) is 0 Å². The fourth-order valence-electron chi connectivity index (χ4n) is 2.24. The minimum Gasteiger partial charge on any atom is -0.103 e. The molecule has 2 aromatic carbocycles. The van der Waals surface area contributed by atoms with Gasteiger partial charge in [0.25, 0.3) is 0 Å². The van der Waals surface area contributed by atoms with Crippen LogP contribution in [-0.4, -0.2) is 0 Å². The van der Waals surface area contributed by atoms with Crippen LogP contribution in [0.5, 0.6) is 0 Å². The molecule has 0 atom stereocenters. The summed E-state index contributed by atoms with van der Waals surface area (Å²) >= 11 is 3.55. The minimum atomic E-state index is 0.877. The van der Waals surface area contributed by atoms with E-state index in [4.69, 9.17) is 0 Å². The molecule has 92 valence electrons. The van der Waals surface area contributed by atoms with Gasteiger partial charge in [-0.2, -0.15) is 0 Å². The molecule has 0 heterocycles. The summed E-state index contributed by atoms with van der Waals surface area (Å²) in [6.07, 6.45) is 3.81. The lowest BCUT2D eigenvalue weighted by Gasteiger charge is -2.13. The van der Waals surface area contributed by atoms with Gasteiger partial charge >= 0.3 is 0 Å². The highest BCUT2D eigenvalue weighted by atomic mass is 79.9. The highest BCUT2D eigenvalue weighted by Crippen LogP contribution is 2.30. The normalized spacial score (nSPS) is 10.6. The Balaban J connectivity index is 2.76. The summed E-state index contributed by atoms with van der Waals surface area (Å²) in [5.41, 5.74) is 3.78. The summed E-state index contributed by atoms with van der Waals surface area (Å²) < 4.78 is 1.11.